The van der Waals surface area contributed by atoms with E-state index in [-0.39, 0.29) is 5.78 Å². The Bertz CT molecular complexity index is 627. The molecule has 2 aromatic carbocycles. The van der Waals surface area contributed by atoms with Gasteiger partial charge in [0.1, 0.15) is 5.78 Å². The van der Waals surface area contributed by atoms with Crippen LogP contribution in [0, 0.1) is 5.41 Å². The summed E-state index contributed by atoms with van der Waals surface area (Å²) in [5.41, 5.74) is 1.26. The van der Waals surface area contributed by atoms with Crippen LogP contribution < -0.4 is 0 Å². The normalized spacial score (nSPS) is 18.3. The molecule has 2 aromatic rings. The van der Waals surface area contributed by atoms with E-state index in [2.05, 4.69) is 0 Å². The van der Waals surface area contributed by atoms with Crippen LogP contribution in [0.1, 0.15) is 49.3 Å². The largest absolute Gasteiger partial charge is 0.387 e. The summed E-state index contributed by atoms with van der Waals surface area (Å²) >= 11 is 0. The van der Waals surface area contributed by atoms with E-state index in [1.54, 1.807) is 0 Å². The van der Waals surface area contributed by atoms with E-state index in [9.17, 15) is 9.90 Å². The number of aliphatic hydroxyl groups is 1. The zero-order chi connectivity index (χ0) is 16.1. The lowest BCUT2D eigenvalue weighted by molar-refractivity contribution is -0.138. The summed E-state index contributed by atoms with van der Waals surface area (Å²) in [7, 11) is 0. The minimum Gasteiger partial charge on any atom is -0.387 e. The van der Waals surface area contributed by atoms with Gasteiger partial charge in [-0.15, -0.1) is 0 Å². The van der Waals surface area contributed by atoms with Gasteiger partial charge in [0.15, 0.2) is 0 Å². The lowest BCUT2D eigenvalue weighted by Gasteiger charge is -2.40. The van der Waals surface area contributed by atoms with Crippen molar-refractivity contribution >= 4 is 5.78 Å². The lowest BCUT2D eigenvalue weighted by Crippen LogP contribution is -2.40. The van der Waals surface area contributed by atoms with Crippen LogP contribution in [0.25, 0.3) is 0 Å². The number of rotatable bonds is 5. The topological polar surface area (TPSA) is 37.3 Å². The van der Waals surface area contributed by atoms with Gasteiger partial charge in [0, 0.05) is 6.42 Å². The highest BCUT2D eigenvalue weighted by Crippen LogP contribution is 2.47. The third kappa shape index (κ3) is 3.37. The van der Waals surface area contributed by atoms with Crippen molar-refractivity contribution in [2.45, 2.75) is 44.6 Å². The van der Waals surface area contributed by atoms with Crippen LogP contribution in [-0.2, 0) is 11.2 Å². The third-order valence-electron chi connectivity index (χ3n) is 5.15. The maximum Gasteiger partial charge on any atom is 0.146 e. The maximum absolute atomic E-state index is 13.1. The van der Waals surface area contributed by atoms with Crippen LogP contribution in [0.2, 0.25) is 0 Å². The van der Waals surface area contributed by atoms with Gasteiger partial charge in [-0.2, -0.15) is 0 Å². The monoisotopic (exact) mass is 308 g/mol. The van der Waals surface area contributed by atoms with Crippen molar-refractivity contribution < 1.29 is 9.90 Å². The molecule has 2 nitrogen and oxygen atoms in total. The molecule has 1 aliphatic carbocycles. The minimum atomic E-state index is -0.708. The Morgan fingerprint density at radius 2 is 1.48 bits per heavy atom. The van der Waals surface area contributed by atoms with Crippen molar-refractivity contribution in [3.63, 3.8) is 0 Å². The van der Waals surface area contributed by atoms with E-state index in [0.29, 0.717) is 6.42 Å². The second kappa shape index (κ2) is 7.10. The minimum absolute atomic E-state index is 0.180. The van der Waals surface area contributed by atoms with Gasteiger partial charge in [0.2, 0.25) is 0 Å². The maximum atomic E-state index is 13.1. The molecule has 0 bridgehead atoms. The van der Waals surface area contributed by atoms with Crippen molar-refractivity contribution in [2.24, 2.45) is 5.41 Å². The molecule has 120 valence electrons. The standard InChI is InChI=1S/C21H24O2/c22-19(16-17-10-4-1-5-11-17)21(14-8-3-9-15-21)20(23)18-12-6-2-7-13-18/h1-2,4-7,10-13,20,23H,3,8-9,14-16H2. The van der Waals surface area contributed by atoms with Crippen LogP contribution >= 0.6 is 0 Å². The van der Waals surface area contributed by atoms with Gasteiger partial charge in [0.05, 0.1) is 11.5 Å². The number of carbonyl (C=O) groups is 1. The molecule has 1 aliphatic rings. The Labute approximate surface area is 138 Å². The van der Waals surface area contributed by atoms with E-state index >= 15 is 0 Å². The van der Waals surface area contributed by atoms with Crippen molar-refractivity contribution in [1.29, 1.82) is 0 Å². The van der Waals surface area contributed by atoms with Crippen LogP contribution in [0.4, 0.5) is 0 Å². The molecule has 0 amide bonds. The summed E-state index contributed by atoms with van der Waals surface area (Å²) in [6.07, 6.45) is 4.46. The molecule has 2 heteroatoms. The van der Waals surface area contributed by atoms with Gasteiger partial charge < -0.3 is 5.11 Å². The molecule has 0 aliphatic heterocycles. The Hall–Kier alpha value is -1.93. The van der Waals surface area contributed by atoms with Crippen molar-refractivity contribution in [3.8, 4) is 0 Å². The van der Waals surface area contributed by atoms with E-state index in [0.717, 1.165) is 43.2 Å². The van der Waals surface area contributed by atoms with Crippen LogP contribution in [0.15, 0.2) is 60.7 Å². The molecular weight excluding hydrogens is 284 g/mol. The summed E-state index contributed by atoms with van der Waals surface area (Å²) in [4.78, 5) is 13.1. The first-order valence-electron chi connectivity index (χ1n) is 8.53. The number of carbonyl (C=O) groups excluding carboxylic acids is 1. The Morgan fingerprint density at radius 3 is 2.09 bits per heavy atom. The molecule has 1 N–H and O–H groups in total. The number of hydrogen-bond acceptors (Lipinski definition) is 2. The fourth-order valence-electron chi connectivity index (χ4n) is 3.80. The fraction of sp³-hybridized carbons (Fsp3) is 0.381. The molecule has 1 fully saturated rings. The molecule has 0 heterocycles. The molecule has 1 unspecified atom stereocenters. The molecule has 0 radical (unpaired) electrons. The molecule has 23 heavy (non-hydrogen) atoms. The van der Waals surface area contributed by atoms with Gasteiger partial charge in [-0.25, -0.2) is 0 Å². The molecule has 1 atom stereocenters. The molecule has 0 spiro atoms. The second-order valence-electron chi connectivity index (χ2n) is 6.62. The summed E-state index contributed by atoms with van der Waals surface area (Å²) in [5, 5.41) is 11.0. The summed E-state index contributed by atoms with van der Waals surface area (Å²) < 4.78 is 0. The zero-order valence-corrected chi connectivity index (χ0v) is 13.4. The van der Waals surface area contributed by atoms with E-state index in [1.165, 1.54) is 0 Å². The van der Waals surface area contributed by atoms with E-state index in [1.807, 2.05) is 60.7 Å². The molecular formula is C21H24O2. The van der Waals surface area contributed by atoms with Gasteiger partial charge in [-0.05, 0) is 24.0 Å². The lowest BCUT2D eigenvalue weighted by atomic mass is 9.65. The van der Waals surface area contributed by atoms with Gasteiger partial charge in [-0.1, -0.05) is 79.9 Å². The first kappa shape index (κ1) is 15.9. The Balaban J connectivity index is 1.88. The summed E-state index contributed by atoms with van der Waals surface area (Å²) in [6.45, 7) is 0. The number of aliphatic hydroxyl groups excluding tert-OH is 1. The summed E-state index contributed by atoms with van der Waals surface area (Å²) in [6, 6.07) is 19.5. The first-order chi connectivity index (χ1) is 11.2. The average molecular weight is 308 g/mol. The van der Waals surface area contributed by atoms with E-state index < -0.39 is 11.5 Å². The highest BCUT2D eigenvalue weighted by Gasteiger charge is 2.45. The second-order valence-corrected chi connectivity index (χ2v) is 6.62. The third-order valence-corrected chi connectivity index (χ3v) is 5.15. The van der Waals surface area contributed by atoms with Gasteiger partial charge in [0.25, 0.3) is 0 Å². The predicted octanol–water partition coefficient (Wildman–Crippen LogP) is 4.48. The van der Waals surface area contributed by atoms with Crippen molar-refractivity contribution in [3.05, 3.63) is 71.8 Å². The average Bonchev–Trinajstić information content (AvgIpc) is 2.63. The van der Waals surface area contributed by atoms with Crippen LogP contribution in [-0.4, -0.2) is 10.9 Å². The van der Waals surface area contributed by atoms with E-state index in [4.69, 9.17) is 0 Å². The van der Waals surface area contributed by atoms with Gasteiger partial charge in [-0.3, -0.25) is 4.79 Å². The Kier molecular flexibility index (Phi) is 4.92. The number of benzene rings is 2. The SMILES string of the molecule is O=C(Cc1ccccc1)C1(C(O)c2ccccc2)CCCCC1. The smallest absolute Gasteiger partial charge is 0.146 e. The zero-order valence-electron chi connectivity index (χ0n) is 13.4. The molecule has 3 rings (SSSR count). The number of Topliss-reactive ketones (excluding diaryl/α,β-unsaturated/α-hetero) is 1. The molecule has 1 saturated carbocycles. The highest BCUT2D eigenvalue weighted by atomic mass is 16.3. The summed E-state index contributed by atoms with van der Waals surface area (Å²) in [5.74, 6) is 0.180. The molecule has 0 aromatic heterocycles. The Morgan fingerprint density at radius 1 is 0.913 bits per heavy atom. The van der Waals surface area contributed by atoms with Crippen molar-refractivity contribution in [2.75, 3.05) is 0 Å². The van der Waals surface area contributed by atoms with Crippen molar-refractivity contribution in [1.82, 2.24) is 0 Å². The first-order valence-corrected chi connectivity index (χ1v) is 8.53. The van der Waals surface area contributed by atoms with Crippen LogP contribution in [0.3, 0.4) is 0 Å². The van der Waals surface area contributed by atoms with Crippen LogP contribution in [0.5, 0.6) is 0 Å². The van der Waals surface area contributed by atoms with Gasteiger partial charge >= 0.3 is 0 Å². The molecule has 0 saturated heterocycles. The predicted molar refractivity (Wildman–Crippen MR) is 92.1 cm³/mol. The quantitative estimate of drug-likeness (QED) is 0.884. The highest BCUT2D eigenvalue weighted by molar-refractivity contribution is 5.87. The number of ketones is 1. The number of hydrogen-bond donors (Lipinski definition) is 1. The fourth-order valence-corrected chi connectivity index (χ4v) is 3.80.